The summed E-state index contributed by atoms with van der Waals surface area (Å²) in [5.74, 6) is 0. The van der Waals surface area contributed by atoms with Crippen LogP contribution in [0.3, 0.4) is 0 Å². The molecule has 0 saturated heterocycles. The van der Waals surface area contributed by atoms with Gasteiger partial charge in [0, 0.05) is 5.02 Å². The second-order valence-electron chi connectivity index (χ2n) is 4.99. The highest BCUT2D eigenvalue weighted by atomic mass is 35.5. The molecule has 106 valence electrons. The maximum absolute atomic E-state index is 12.6. The molecule has 1 N–H and O–H groups in total. The average molecular weight is 302 g/mol. The molecule has 0 aromatic heterocycles. The van der Waals surface area contributed by atoms with E-state index >= 15 is 0 Å². The molecule has 1 aliphatic heterocycles. The highest BCUT2D eigenvalue weighted by molar-refractivity contribution is 7.92. The van der Waals surface area contributed by atoms with Crippen molar-refractivity contribution in [1.82, 2.24) is 5.32 Å². The summed E-state index contributed by atoms with van der Waals surface area (Å²) in [5.41, 5.74) is 0.833. The zero-order valence-corrected chi connectivity index (χ0v) is 12.9. The molecule has 3 nitrogen and oxygen atoms in total. The van der Waals surface area contributed by atoms with Gasteiger partial charge in [-0.3, -0.25) is 0 Å². The van der Waals surface area contributed by atoms with Gasteiger partial charge in [0.1, 0.15) is 0 Å². The van der Waals surface area contributed by atoms with Crippen molar-refractivity contribution in [2.75, 3.05) is 6.54 Å². The number of benzene rings is 1. The third-order valence-electron chi connectivity index (χ3n) is 3.57. The maximum Gasteiger partial charge on any atom is 0.183 e. The van der Waals surface area contributed by atoms with Gasteiger partial charge in [0.15, 0.2) is 9.84 Å². The number of nitrogens with one attached hydrogen (secondary N) is 1. The predicted octanol–water partition coefficient (Wildman–Crippen LogP) is 3.34. The van der Waals surface area contributed by atoms with E-state index in [9.17, 15) is 8.42 Å². The number of rotatable bonds is 5. The van der Waals surface area contributed by atoms with Crippen LogP contribution in [-0.4, -0.2) is 20.2 Å². The van der Waals surface area contributed by atoms with Crippen LogP contribution in [0.5, 0.6) is 0 Å². The number of fused-ring (bicyclic) bond motifs is 1. The first-order chi connectivity index (χ1) is 9.02. The molecule has 1 aliphatic rings. The largest absolute Gasteiger partial charge is 0.309 e. The molecule has 0 amide bonds. The molecule has 0 bridgehead atoms. The van der Waals surface area contributed by atoms with Crippen LogP contribution in [0.25, 0.3) is 0 Å². The number of hydrogen-bond acceptors (Lipinski definition) is 3. The van der Waals surface area contributed by atoms with Crippen LogP contribution in [0.1, 0.15) is 44.7 Å². The summed E-state index contributed by atoms with van der Waals surface area (Å²) in [4.78, 5) is 0.448. The quantitative estimate of drug-likeness (QED) is 0.907. The van der Waals surface area contributed by atoms with Crippen molar-refractivity contribution in [2.45, 2.75) is 49.3 Å². The van der Waals surface area contributed by atoms with Gasteiger partial charge in [-0.15, -0.1) is 0 Å². The molecule has 0 radical (unpaired) electrons. The molecule has 1 heterocycles. The molecular formula is C14H20ClNO2S. The highest BCUT2D eigenvalue weighted by Crippen LogP contribution is 2.42. The highest BCUT2D eigenvalue weighted by Gasteiger charge is 2.43. The standard InChI is InChI=1S/C14H20ClNO2S/c1-3-5-13-14(16-8-4-2)11-9-10(15)6-7-12(11)19(13,17)18/h6-7,9,13-14,16H,3-5,8H2,1-2H3. The van der Waals surface area contributed by atoms with Gasteiger partial charge in [-0.2, -0.15) is 0 Å². The smallest absolute Gasteiger partial charge is 0.183 e. The molecule has 0 fully saturated rings. The number of sulfone groups is 1. The Morgan fingerprint density at radius 3 is 2.63 bits per heavy atom. The molecule has 2 atom stereocenters. The zero-order valence-electron chi connectivity index (χ0n) is 11.3. The third kappa shape index (κ3) is 2.67. The van der Waals surface area contributed by atoms with Crippen LogP contribution in [0.15, 0.2) is 23.1 Å². The lowest BCUT2D eigenvalue weighted by Crippen LogP contribution is -2.32. The van der Waals surface area contributed by atoms with Gasteiger partial charge >= 0.3 is 0 Å². The number of halogens is 1. The van der Waals surface area contributed by atoms with E-state index in [4.69, 9.17) is 11.6 Å². The summed E-state index contributed by atoms with van der Waals surface area (Å²) in [6.07, 6.45) is 2.51. The van der Waals surface area contributed by atoms with Crippen molar-refractivity contribution in [3.63, 3.8) is 0 Å². The summed E-state index contributed by atoms with van der Waals surface area (Å²) >= 11 is 6.02. The molecule has 1 aromatic carbocycles. The van der Waals surface area contributed by atoms with E-state index in [-0.39, 0.29) is 11.3 Å². The van der Waals surface area contributed by atoms with Gasteiger partial charge in [-0.25, -0.2) is 8.42 Å². The van der Waals surface area contributed by atoms with Gasteiger partial charge in [-0.1, -0.05) is 31.9 Å². The van der Waals surface area contributed by atoms with Gasteiger partial charge in [0.05, 0.1) is 16.2 Å². The van der Waals surface area contributed by atoms with E-state index in [2.05, 4.69) is 12.2 Å². The second-order valence-corrected chi connectivity index (χ2v) is 7.56. The van der Waals surface area contributed by atoms with Crippen LogP contribution in [-0.2, 0) is 9.84 Å². The van der Waals surface area contributed by atoms with Crippen LogP contribution < -0.4 is 5.32 Å². The van der Waals surface area contributed by atoms with Crippen LogP contribution in [0.2, 0.25) is 5.02 Å². The van der Waals surface area contributed by atoms with E-state index in [1.807, 2.05) is 6.92 Å². The van der Waals surface area contributed by atoms with Gasteiger partial charge in [0.2, 0.25) is 0 Å². The molecule has 0 aliphatic carbocycles. The van der Waals surface area contributed by atoms with Crippen molar-refractivity contribution < 1.29 is 8.42 Å². The lowest BCUT2D eigenvalue weighted by molar-refractivity contribution is 0.481. The SMILES string of the molecule is CCCNC1c2cc(Cl)ccc2S(=O)(=O)C1CCC. The molecule has 0 saturated carbocycles. The van der Waals surface area contributed by atoms with Crippen LogP contribution >= 0.6 is 11.6 Å². The Morgan fingerprint density at radius 2 is 2.00 bits per heavy atom. The molecule has 0 spiro atoms. The van der Waals surface area contributed by atoms with Crippen molar-refractivity contribution in [3.8, 4) is 0 Å². The fourth-order valence-corrected chi connectivity index (χ4v) is 5.14. The molecule has 19 heavy (non-hydrogen) atoms. The first-order valence-corrected chi connectivity index (χ1v) is 8.71. The molecule has 2 unspecified atom stereocenters. The number of hydrogen-bond donors (Lipinski definition) is 1. The van der Waals surface area contributed by atoms with Crippen LogP contribution in [0.4, 0.5) is 0 Å². The Kier molecular flexibility index (Phi) is 4.54. The van der Waals surface area contributed by atoms with E-state index in [1.54, 1.807) is 18.2 Å². The Bertz CT molecular complexity index is 557. The van der Waals surface area contributed by atoms with E-state index < -0.39 is 9.84 Å². The van der Waals surface area contributed by atoms with Crippen molar-refractivity contribution in [2.24, 2.45) is 0 Å². The van der Waals surface area contributed by atoms with Crippen molar-refractivity contribution >= 4 is 21.4 Å². The topological polar surface area (TPSA) is 46.2 Å². The van der Waals surface area contributed by atoms with E-state index in [0.717, 1.165) is 24.9 Å². The summed E-state index contributed by atoms with van der Waals surface area (Å²) in [5, 5.41) is 3.60. The summed E-state index contributed by atoms with van der Waals surface area (Å²) in [6.45, 7) is 4.90. The van der Waals surface area contributed by atoms with Gasteiger partial charge < -0.3 is 5.32 Å². The molecule has 2 rings (SSSR count). The van der Waals surface area contributed by atoms with Gasteiger partial charge in [-0.05, 0) is 43.1 Å². The van der Waals surface area contributed by atoms with E-state index in [0.29, 0.717) is 16.3 Å². The Balaban J connectivity index is 2.47. The minimum atomic E-state index is -3.23. The predicted molar refractivity (Wildman–Crippen MR) is 78.4 cm³/mol. The first kappa shape index (κ1) is 14.8. The molecule has 1 aromatic rings. The average Bonchev–Trinajstić information content (AvgIpc) is 2.56. The van der Waals surface area contributed by atoms with Gasteiger partial charge in [0.25, 0.3) is 0 Å². The monoisotopic (exact) mass is 301 g/mol. The minimum absolute atomic E-state index is 0.126. The molecule has 5 heteroatoms. The summed E-state index contributed by atoms with van der Waals surface area (Å²) in [7, 11) is -3.23. The fourth-order valence-electron chi connectivity index (χ4n) is 2.71. The van der Waals surface area contributed by atoms with Crippen LogP contribution in [0, 0.1) is 0 Å². The van der Waals surface area contributed by atoms with E-state index in [1.165, 1.54) is 0 Å². The lowest BCUT2D eigenvalue weighted by Gasteiger charge is -2.20. The Hall–Kier alpha value is -0.580. The van der Waals surface area contributed by atoms with Crippen molar-refractivity contribution in [3.05, 3.63) is 28.8 Å². The zero-order chi connectivity index (χ0) is 14.0. The third-order valence-corrected chi connectivity index (χ3v) is 6.10. The minimum Gasteiger partial charge on any atom is -0.309 e. The second kappa shape index (κ2) is 5.81. The van der Waals surface area contributed by atoms with Crippen molar-refractivity contribution in [1.29, 1.82) is 0 Å². The molecular weight excluding hydrogens is 282 g/mol. The lowest BCUT2D eigenvalue weighted by atomic mass is 10.0. The fraction of sp³-hybridized carbons (Fsp3) is 0.571. The summed E-state index contributed by atoms with van der Waals surface area (Å²) < 4.78 is 25.2. The Labute approximate surface area is 120 Å². The normalized spacial score (nSPS) is 24.4. The first-order valence-electron chi connectivity index (χ1n) is 6.79. The summed E-state index contributed by atoms with van der Waals surface area (Å²) in [6, 6.07) is 4.96. The maximum atomic E-state index is 12.6. The Morgan fingerprint density at radius 1 is 1.26 bits per heavy atom.